The lowest BCUT2D eigenvalue weighted by Gasteiger charge is -2.42. The summed E-state index contributed by atoms with van der Waals surface area (Å²) in [5, 5.41) is 0. The highest BCUT2D eigenvalue weighted by molar-refractivity contribution is 7.89. The van der Waals surface area contributed by atoms with Crippen molar-refractivity contribution in [3.8, 4) is 5.75 Å². The molecule has 0 bridgehead atoms. The second kappa shape index (κ2) is 10.2. The third kappa shape index (κ3) is 5.72. The molecule has 1 atom stereocenters. The number of halogens is 1. The molecule has 178 valence electrons. The Balaban J connectivity index is 1.57. The van der Waals surface area contributed by atoms with E-state index in [1.165, 1.54) is 22.5 Å². The van der Waals surface area contributed by atoms with Crippen LogP contribution >= 0.6 is 0 Å². The molecule has 0 aromatic heterocycles. The van der Waals surface area contributed by atoms with E-state index in [0.717, 1.165) is 6.07 Å². The van der Waals surface area contributed by atoms with Crippen LogP contribution in [0.2, 0.25) is 0 Å². The number of carbonyl (C=O) groups excluding carboxylic acids is 1. The van der Waals surface area contributed by atoms with Crippen LogP contribution in [0.25, 0.3) is 0 Å². The van der Waals surface area contributed by atoms with Gasteiger partial charge in [0.25, 0.3) is 0 Å². The Morgan fingerprint density at radius 2 is 1.82 bits per heavy atom. The zero-order valence-electron chi connectivity index (χ0n) is 18.5. The lowest BCUT2D eigenvalue weighted by molar-refractivity contribution is -0.139. The molecule has 0 N–H and O–H groups in total. The number of nitrogens with zero attached hydrogens (tertiary/aromatic N) is 2. The highest BCUT2D eigenvalue weighted by Crippen LogP contribution is 2.37. The van der Waals surface area contributed by atoms with Crippen LogP contribution in [0.15, 0.2) is 59.5 Å². The molecule has 2 saturated heterocycles. The average molecular weight is 477 g/mol. The number of ether oxygens (including phenoxy) is 2. The Hall–Kier alpha value is -2.49. The van der Waals surface area contributed by atoms with Crippen LogP contribution in [0, 0.1) is 11.2 Å². The van der Waals surface area contributed by atoms with Crippen molar-refractivity contribution in [2.45, 2.75) is 24.2 Å². The monoisotopic (exact) mass is 476 g/mol. The van der Waals surface area contributed by atoms with Crippen LogP contribution in [-0.2, 0) is 19.6 Å². The molecular formula is C24H29FN2O5S. The summed E-state index contributed by atoms with van der Waals surface area (Å²) in [6, 6.07) is 14.3. The summed E-state index contributed by atoms with van der Waals surface area (Å²) in [4.78, 5) is 14.8. The molecule has 0 unspecified atom stereocenters. The molecule has 2 aromatic rings. The number of benzene rings is 2. The van der Waals surface area contributed by atoms with Crippen molar-refractivity contribution in [3.63, 3.8) is 0 Å². The standard InChI is InChI=1S/C24H29FN2O5S/c25-20-6-4-9-22(16-20)33(29,30)27-11-5-10-24(18-27,19-32-21-7-2-1-3-8-21)17-23(28)26-12-14-31-15-13-26/h1-4,6-9,16H,5,10-15,17-19H2/t24-/m0/s1. The molecule has 2 heterocycles. The first-order valence-corrected chi connectivity index (χ1v) is 12.6. The van der Waals surface area contributed by atoms with Crippen LogP contribution in [-0.4, -0.2) is 69.5 Å². The van der Waals surface area contributed by atoms with Crippen LogP contribution in [0.1, 0.15) is 19.3 Å². The fraction of sp³-hybridized carbons (Fsp3) is 0.458. The molecule has 0 radical (unpaired) electrons. The molecule has 33 heavy (non-hydrogen) atoms. The van der Waals surface area contributed by atoms with Crippen molar-refractivity contribution in [3.05, 3.63) is 60.4 Å². The number of sulfonamides is 1. The SMILES string of the molecule is O=C(C[C@@]1(COc2ccccc2)CCCN(S(=O)(=O)c2cccc(F)c2)C1)N1CCOCC1. The van der Waals surface area contributed by atoms with Gasteiger partial charge in [-0.15, -0.1) is 0 Å². The van der Waals surface area contributed by atoms with Crippen LogP contribution in [0.5, 0.6) is 5.75 Å². The van der Waals surface area contributed by atoms with Crippen LogP contribution < -0.4 is 4.74 Å². The van der Waals surface area contributed by atoms with Gasteiger partial charge in [0.1, 0.15) is 11.6 Å². The molecule has 1 amide bonds. The van der Waals surface area contributed by atoms with Crippen LogP contribution in [0.3, 0.4) is 0 Å². The second-order valence-corrected chi connectivity index (χ2v) is 10.6. The van der Waals surface area contributed by atoms with Gasteiger partial charge in [-0.2, -0.15) is 4.31 Å². The third-order valence-corrected chi connectivity index (χ3v) is 8.08. The fourth-order valence-electron chi connectivity index (χ4n) is 4.46. The number of amides is 1. The predicted molar refractivity (Wildman–Crippen MR) is 121 cm³/mol. The van der Waals surface area contributed by atoms with E-state index in [4.69, 9.17) is 9.47 Å². The maximum absolute atomic E-state index is 13.7. The summed E-state index contributed by atoms with van der Waals surface area (Å²) in [5.41, 5.74) is -0.691. The first kappa shape index (κ1) is 23.7. The number of hydrogen-bond donors (Lipinski definition) is 0. The van der Waals surface area contributed by atoms with E-state index < -0.39 is 21.3 Å². The number of piperidine rings is 1. The van der Waals surface area contributed by atoms with Crippen molar-refractivity contribution < 1.29 is 27.1 Å². The van der Waals surface area contributed by atoms with Crippen LogP contribution in [0.4, 0.5) is 4.39 Å². The first-order chi connectivity index (χ1) is 15.9. The smallest absolute Gasteiger partial charge is 0.243 e. The van der Waals surface area contributed by atoms with Gasteiger partial charge in [-0.1, -0.05) is 24.3 Å². The first-order valence-electron chi connectivity index (χ1n) is 11.2. The van der Waals surface area contributed by atoms with E-state index >= 15 is 0 Å². The molecule has 4 rings (SSSR count). The number of para-hydroxylation sites is 1. The van der Waals surface area contributed by atoms with Gasteiger partial charge < -0.3 is 14.4 Å². The summed E-state index contributed by atoms with van der Waals surface area (Å²) in [6.45, 7) is 2.72. The topological polar surface area (TPSA) is 76.2 Å². The van der Waals surface area contributed by atoms with Gasteiger partial charge in [0.05, 0.1) is 24.7 Å². The molecular weight excluding hydrogens is 447 g/mol. The number of morpholine rings is 1. The van der Waals surface area contributed by atoms with Gasteiger partial charge in [0.15, 0.2) is 0 Å². The Kier molecular flexibility index (Phi) is 7.31. The van der Waals surface area contributed by atoms with E-state index in [-0.39, 0.29) is 30.4 Å². The third-order valence-electron chi connectivity index (χ3n) is 6.24. The summed E-state index contributed by atoms with van der Waals surface area (Å²) in [5.74, 6) is 0.0371. The summed E-state index contributed by atoms with van der Waals surface area (Å²) >= 11 is 0. The summed E-state index contributed by atoms with van der Waals surface area (Å²) < 4.78 is 53.1. The summed E-state index contributed by atoms with van der Waals surface area (Å²) in [7, 11) is -3.91. The van der Waals surface area contributed by atoms with Gasteiger partial charge in [0, 0.05) is 38.0 Å². The Labute approximate surface area is 194 Å². The van der Waals surface area contributed by atoms with Crippen molar-refractivity contribution in [1.29, 1.82) is 0 Å². The molecule has 0 spiro atoms. The maximum Gasteiger partial charge on any atom is 0.243 e. The van der Waals surface area contributed by atoms with E-state index in [1.54, 1.807) is 4.90 Å². The lowest BCUT2D eigenvalue weighted by atomic mass is 9.78. The lowest BCUT2D eigenvalue weighted by Crippen LogP contribution is -2.51. The maximum atomic E-state index is 13.7. The molecule has 7 nitrogen and oxygen atoms in total. The van der Waals surface area contributed by atoms with Gasteiger partial charge in [-0.25, -0.2) is 12.8 Å². The second-order valence-electron chi connectivity index (χ2n) is 8.67. The molecule has 2 fully saturated rings. The molecule has 0 saturated carbocycles. The Morgan fingerprint density at radius 3 is 2.55 bits per heavy atom. The predicted octanol–water partition coefficient (Wildman–Crippen LogP) is 2.92. The van der Waals surface area contributed by atoms with Gasteiger partial charge in [-0.3, -0.25) is 4.79 Å². The van der Waals surface area contributed by atoms with E-state index in [2.05, 4.69) is 0 Å². The molecule has 0 aliphatic carbocycles. The zero-order chi connectivity index (χ0) is 23.3. The normalized spacial score (nSPS) is 22.2. The van der Waals surface area contributed by atoms with E-state index in [0.29, 0.717) is 51.4 Å². The number of hydrogen-bond acceptors (Lipinski definition) is 5. The van der Waals surface area contributed by atoms with Crippen molar-refractivity contribution >= 4 is 15.9 Å². The minimum absolute atomic E-state index is 0.0278. The van der Waals surface area contributed by atoms with Crippen molar-refractivity contribution in [1.82, 2.24) is 9.21 Å². The largest absolute Gasteiger partial charge is 0.493 e. The van der Waals surface area contributed by atoms with E-state index in [9.17, 15) is 17.6 Å². The van der Waals surface area contributed by atoms with Crippen molar-refractivity contribution in [2.75, 3.05) is 46.0 Å². The number of carbonyl (C=O) groups is 1. The highest BCUT2D eigenvalue weighted by Gasteiger charge is 2.43. The van der Waals surface area contributed by atoms with Crippen molar-refractivity contribution in [2.24, 2.45) is 5.41 Å². The molecule has 2 aliphatic rings. The fourth-order valence-corrected chi connectivity index (χ4v) is 6.08. The highest BCUT2D eigenvalue weighted by atomic mass is 32.2. The quantitative estimate of drug-likeness (QED) is 0.614. The molecule has 9 heteroatoms. The van der Waals surface area contributed by atoms with Gasteiger partial charge >= 0.3 is 0 Å². The Morgan fingerprint density at radius 1 is 1.06 bits per heavy atom. The van der Waals surface area contributed by atoms with Gasteiger partial charge in [-0.05, 0) is 43.2 Å². The zero-order valence-corrected chi connectivity index (χ0v) is 19.3. The minimum atomic E-state index is -3.91. The van der Waals surface area contributed by atoms with Gasteiger partial charge in [0.2, 0.25) is 15.9 Å². The van der Waals surface area contributed by atoms with E-state index in [1.807, 2.05) is 30.3 Å². The Bertz CT molecular complexity index is 1060. The molecule has 2 aliphatic heterocycles. The molecule has 2 aromatic carbocycles. The number of rotatable bonds is 7. The average Bonchev–Trinajstić information content (AvgIpc) is 2.84. The summed E-state index contributed by atoms with van der Waals surface area (Å²) in [6.07, 6.45) is 1.42. The minimum Gasteiger partial charge on any atom is -0.493 e.